The monoisotopic (exact) mass is 234 g/mol. The predicted molar refractivity (Wildman–Crippen MR) is 48.6 cm³/mol. The molecule has 1 aromatic rings. The summed E-state index contributed by atoms with van der Waals surface area (Å²) in [4.78, 5) is 11.2. The predicted octanol–water partition coefficient (Wildman–Crippen LogP) is 2.51. The van der Waals surface area contributed by atoms with Gasteiger partial charge in [0, 0.05) is 0 Å². The highest BCUT2D eigenvalue weighted by Crippen LogP contribution is 2.20. The number of carbonyl (C=O) groups is 1. The first-order valence-electron chi connectivity index (χ1n) is 4.31. The molecule has 88 valence electrons. The molecule has 6 heteroatoms. The zero-order valence-corrected chi connectivity index (χ0v) is 8.38. The van der Waals surface area contributed by atoms with Gasteiger partial charge in [0.05, 0.1) is 19.3 Å². The molecular weight excluding hydrogens is 225 g/mol. The maximum absolute atomic E-state index is 11.8. The fourth-order valence-electron chi connectivity index (χ4n) is 1.11. The lowest BCUT2D eigenvalue weighted by Crippen LogP contribution is -2.15. The van der Waals surface area contributed by atoms with Crippen LogP contribution in [0.3, 0.4) is 0 Å². The van der Waals surface area contributed by atoms with E-state index in [0.29, 0.717) is 0 Å². The van der Waals surface area contributed by atoms with Crippen molar-refractivity contribution in [3.8, 4) is 0 Å². The van der Waals surface area contributed by atoms with Crippen molar-refractivity contribution in [2.45, 2.75) is 13.0 Å². The zero-order chi connectivity index (χ0) is 12.2. The molecule has 0 heterocycles. The summed E-state index contributed by atoms with van der Waals surface area (Å²) in [6.45, 7) is -0.714. The molecule has 1 aromatic carbocycles. The number of ether oxygens (including phenoxy) is 2. The number of esters is 1. The van der Waals surface area contributed by atoms with Crippen molar-refractivity contribution in [2.75, 3.05) is 7.11 Å². The van der Waals surface area contributed by atoms with Crippen molar-refractivity contribution >= 4 is 5.97 Å². The minimum Gasteiger partial charge on any atom is -0.465 e. The maximum Gasteiger partial charge on any atom is 0.522 e. The molecule has 1 rings (SSSR count). The Bertz CT molecular complexity index is 374. The first-order chi connectivity index (χ1) is 7.44. The molecule has 16 heavy (non-hydrogen) atoms. The van der Waals surface area contributed by atoms with Crippen LogP contribution in [0.15, 0.2) is 24.3 Å². The van der Waals surface area contributed by atoms with Crippen LogP contribution in [0.4, 0.5) is 13.2 Å². The zero-order valence-electron chi connectivity index (χ0n) is 8.38. The molecule has 0 spiro atoms. The van der Waals surface area contributed by atoms with Gasteiger partial charge in [-0.25, -0.2) is 4.79 Å². The molecule has 0 N–H and O–H groups in total. The number of hydrogen-bond donors (Lipinski definition) is 0. The fraction of sp³-hybridized carbons (Fsp3) is 0.300. The van der Waals surface area contributed by atoms with Gasteiger partial charge in [0.15, 0.2) is 0 Å². The molecule has 0 saturated heterocycles. The molecule has 0 aliphatic carbocycles. The van der Waals surface area contributed by atoms with Crippen molar-refractivity contribution in [1.82, 2.24) is 0 Å². The number of methoxy groups -OCH3 is 1. The van der Waals surface area contributed by atoms with Gasteiger partial charge in [-0.15, -0.1) is 13.2 Å². The first kappa shape index (κ1) is 12.5. The molecule has 0 fully saturated rings. The lowest BCUT2D eigenvalue weighted by atomic mass is 10.1. The Kier molecular flexibility index (Phi) is 3.89. The van der Waals surface area contributed by atoms with Crippen LogP contribution >= 0.6 is 0 Å². The van der Waals surface area contributed by atoms with Gasteiger partial charge in [-0.1, -0.05) is 18.2 Å². The number of rotatable bonds is 3. The van der Waals surface area contributed by atoms with Gasteiger partial charge >= 0.3 is 12.3 Å². The van der Waals surface area contributed by atoms with E-state index < -0.39 is 18.9 Å². The van der Waals surface area contributed by atoms with Gasteiger partial charge < -0.3 is 4.74 Å². The van der Waals surface area contributed by atoms with E-state index in [0.717, 1.165) is 7.11 Å². The highest BCUT2D eigenvalue weighted by Gasteiger charge is 2.29. The Morgan fingerprint density at radius 1 is 1.31 bits per heavy atom. The minimum atomic E-state index is -4.72. The standard InChI is InChI=1S/C10H9F3O3/c1-15-9(14)8-5-3-2-4-7(8)6-16-10(11,12)13/h2-5H,6H2,1H3. The van der Waals surface area contributed by atoms with Gasteiger partial charge in [0.25, 0.3) is 0 Å². The SMILES string of the molecule is COC(=O)c1ccccc1COC(F)(F)F. The number of benzene rings is 1. The molecule has 3 nitrogen and oxygen atoms in total. The smallest absolute Gasteiger partial charge is 0.465 e. The second kappa shape index (κ2) is 4.98. The average molecular weight is 234 g/mol. The number of alkyl halides is 3. The van der Waals surface area contributed by atoms with Crippen molar-refractivity contribution in [2.24, 2.45) is 0 Å². The average Bonchev–Trinajstić information content (AvgIpc) is 2.25. The molecule has 0 saturated carbocycles. The third-order valence-electron chi connectivity index (χ3n) is 1.81. The molecule has 0 radical (unpaired) electrons. The van der Waals surface area contributed by atoms with Crippen molar-refractivity contribution in [1.29, 1.82) is 0 Å². The third kappa shape index (κ3) is 3.54. The molecule has 0 aromatic heterocycles. The van der Waals surface area contributed by atoms with E-state index >= 15 is 0 Å². The molecule has 0 bridgehead atoms. The topological polar surface area (TPSA) is 35.5 Å². The van der Waals surface area contributed by atoms with E-state index in [1.165, 1.54) is 24.3 Å². The summed E-state index contributed by atoms with van der Waals surface area (Å²) < 4.78 is 43.5. The Balaban J connectivity index is 2.83. The quantitative estimate of drug-likeness (QED) is 0.754. The third-order valence-corrected chi connectivity index (χ3v) is 1.81. The summed E-state index contributed by atoms with van der Waals surface area (Å²) in [5, 5.41) is 0. The summed E-state index contributed by atoms with van der Waals surface area (Å²) >= 11 is 0. The number of carbonyl (C=O) groups excluding carboxylic acids is 1. The van der Waals surface area contributed by atoms with Crippen LogP contribution < -0.4 is 0 Å². The lowest BCUT2D eigenvalue weighted by molar-refractivity contribution is -0.330. The summed E-state index contributed by atoms with van der Waals surface area (Å²) in [5.41, 5.74) is 0.195. The highest BCUT2D eigenvalue weighted by molar-refractivity contribution is 5.90. The largest absolute Gasteiger partial charge is 0.522 e. The van der Waals surface area contributed by atoms with E-state index in [1.807, 2.05) is 0 Å². The molecule has 0 aliphatic rings. The summed E-state index contributed by atoms with van der Waals surface area (Å²) in [6, 6.07) is 5.80. The molecule has 0 atom stereocenters. The summed E-state index contributed by atoms with van der Waals surface area (Å²) in [5.74, 6) is -0.693. The van der Waals surface area contributed by atoms with E-state index in [-0.39, 0.29) is 11.1 Å². The van der Waals surface area contributed by atoms with Crippen molar-refractivity contribution < 1.29 is 27.4 Å². The molecule has 0 aliphatic heterocycles. The number of hydrogen-bond acceptors (Lipinski definition) is 3. The van der Waals surface area contributed by atoms with Crippen LogP contribution in [0.2, 0.25) is 0 Å². The van der Waals surface area contributed by atoms with Crippen LogP contribution in [-0.2, 0) is 16.1 Å². The van der Waals surface area contributed by atoms with E-state index in [2.05, 4.69) is 9.47 Å². The van der Waals surface area contributed by atoms with E-state index in [1.54, 1.807) is 0 Å². The van der Waals surface area contributed by atoms with Crippen LogP contribution in [0.25, 0.3) is 0 Å². The van der Waals surface area contributed by atoms with Crippen molar-refractivity contribution in [3.63, 3.8) is 0 Å². The van der Waals surface area contributed by atoms with Crippen molar-refractivity contribution in [3.05, 3.63) is 35.4 Å². The van der Waals surface area contributed by atoms with Crippen LogP contribution in [-0.4, -0.2) is 19.4 Å². The lowest BCUT2D eigenvalue weighted by Gasteiger charge is -2.10. The van der Waals surface area contributed by atoms with Gasteiger partial charge in [-0.3, -0.25) is 4.74 Å². The summed E-state index contributed by atoms with van der Waals surface area (Å²) in [7, 11) is 1.16. The Labute approximate surface area is 89.8 Å². The van der Waals surface area contributed by atoms with E-state index in [4.69, 9.17) is 0 Å². The second-order valence-corrected chi connectivity index (χ2v) is 2.88. The van der Waals surface area contributed by atoms with Crippen LogP contribution in [0, 0.1) is 0 Å². The first-order valence-corrected chi connectivity index (χ1v) is 4.31. The molecular formula is C10H9F3O3. The minimum absolute atomic E-state index is 0.0641. The van der Waals surface area contributed by atoms with Gasteiger partial charge in [-0.2, -0.15) is 0 Å². The second-order valence-electron chi connectivity index (χ2n) is 2.88. The van der Waals surface area contributed by atoms with Gasteiger partial charge in [-0.05, 0) is 11.6 Å². The highest BCUT2D eigenvalue weighted by atomic mass is 19.4. The Morgan fingerprint density at radius 3 is 2.50 bits per heavy atom. The van der Waals surface area contributed by atoms with Crippen LogP contribution in [0.5, 0.6) is 0 Å². The van der Waals surface area contributed by atoms with Gasteiger partial charge in [0.1, 0.15) is 0 Å². The Hall–Kier alpha value is -1.56. The van der Waals surface area contributed by atoms with E-state index in [9.17, 15) is 18.0 Å². The summed E-state index contributed by atoms with van der Waals surface area (Å²) in [6.07, 6.45) is -4.72. The Morgan fingerprint density at radius 2 is 1.94 bits per heavy atom. The maximum atomic E-state index is 11.8. The molecule has 0 unspecified atom stereocenters. The van der Waals surface area contributed by atoms with Gasteiger partial charge in [0.2, 0.25) is 0 Å². The van der Waals surface area contributed by atoms with Crippen LogP contribution in [0.1, 0.15) is 15.9 Å². The molecule has 0 amide bonds. The number of halogens is 3. The normalized spacial score (nSPS) is 11.2. The fourth-order valence-corrected chi connectivity index (χ4v) is 1.11.